The number of rotatable bonds is 12. The molecular weight excluding hydrogens is 551 g/mol. The van der Waals surface area contributed by atoms with Crippen molar-refractivity contribution in [3.8, 4) is 16.9 Å². The lowest BCUT2D eigenvalue weighted by atomic mass is 10.1. The molecule has 2 heterocycles. The first kappa shape index (κ1) is 30.2. The Morgan fingerprint density at radius 3 is 2.40 bits per heavy atom. The highest BCUT2D eigenvalue weighted by molar-refractivity contribution is 5.99. The van der Waals surface area contributed by atoms with Crippen LogP contribution in [0.2, 0.25) is 0 Å². The standard InChI is InChI=1S/C29H30F3N7O3/c30-29(31,32)42-25-5-2-1-4-24(25)36-28(41)38-27-35-18-23(26(40)37-27)22-8-6-21(7-9-22)19-39(16-3-13-33)17-12-20-10-14-34-15-11-20/h1-2,4-11,14-15,18H,3,12-13,16-17,19,33H2,(H3,35,36,37,38,40,41). The highest BCUT2D eigenvalue weighted by Gasteiger charge is 2.32. The molecular formula is C29H30F3N7O3. The second-order valence-corrected chi connectivity index (χ2v) is 9.32. The van der Waals surface area contributed by atoms with Crippen molar-refractivity contribution in [2.45, 2.75) is 25.7 Å². The van der Waals surface area contributed by atoms with Gasteiger partial charge in [-0.1, -0.05) is 36.4 Å². The molecule has 42 heavy (non-hydrogen) atoms. The number of amides is 2. The van der Waals surface area contributed by atoms with Gasteiger partial charge < -0.3 is 15.8 Å². The smallest absolute Gasteiger partial charge is 0.404 e. The van der Waals surface area contributed by atoms with Crippen LogP contribution in [0, 0.1) is 0 Å². The Hall–Kier alpha value is -4.75. The normalized spacial score (nSPS) is 11.4. The minimum absolute atomic E-state index is 0.183. The number of hydrogen-bond acceptors (Lipinski definition) is 7. The molecule has 10 nitrogen and oxygen atoms in total. The summed E-state index contributed by atoms with van der Waals surface area (Å²) >= 11 is 0. The van der Waals surface area contributed by atoms with Crippen LogP contribution < -0.4 is 26.7 Å². The van der Waals surface area contributed by atoms with E-state index in [2.05, 4.69) is 35.2 Å². The number of nitrogens with zero attached hydrogens (tertiary/aromatic N) is 3. The van der Waals surface area contributed by atoms with Gasteiger partial charge in [-0.15, -0.1) is 13.2 Å². The van der Waals surface area contributed by atoms with Gasteiger partial charge in [0.2, 0.25) is 5.95 Å². The van der Waals surface area contributed by atoms with Gasteiger partial charge >= 0.3 is 12.4 Å². The van der Waals surface area contributed by atoms with Crippen LogP contribution in [0.3, 0.4) is 0 Å². The molecule has 0 fully saturated rings. The van der Waals surface area contributed by atoms with Crippen molar-refractivity contribution in [2.75, 3.05) is 30.3 Å². The predicted octanol–water partition coefficient (Wildman–Crippen LogP) is 4.77. The molecule has 2 aromatic heterocycles. The molecule has 0 spiro atoms. The summed E-state index contributed by atoms with van der Waals surface area (Å²) in [6.45, 7) is 3.04. The number of carbonyl (C=O) groups is 1. The van der Waals surface area contributed by atoms with Crippen molar-refractivity contribution in [1.82, 2.24) is 19.9 Å². The van der Waals surface area contributed by atoms with Crippen molar-refractivity contribution >= 4 is 17.7 Å². The second-order valence-electron chi connectivity index (χ2n) is 9.32. The molecule has 0 bridgehead atoms. The lowest BCUT2D eigenvalue weighted by Gasteiger charge is -2.22. The Kier molecular flexibility index (Phi) is 10.2. The minimum atomic E-state index is -4.93. The summed E-state index contributed by atoms with van der Waals surface area (Å²) in [5.41, 5.74) is 8.21. The molecule has 0 atom stereocenters. The number of aromatic amines is 1. The number of H-pyrrole nitrogens is 1. The number of nitrogens with one attached hydrogen (secondary N) is 3. The molecule has 0 unspecified atom stereocenters. The van der Waals surface area contributed by atoms with Gasteiger partial charge in [0.15, 0.2) is 5.75 Å². The van der Waals surface area contributed by atoms with Gasteiger partial charge in [0.25, 0.3) is 5.56 Å². The molecule has 2 amide bonds. The van der Waals surface area contributed by atoms with Crippen LogP contribution in [-0.2, 0) is 13.0 Å². The van der Waals surface area contributed by atoms with Crippen molar-refractivity contribution in [1.29, 1.82) is 0 Å². The number of ether oxygens (including phenoxy) is 1. The minimum Gasteiger partial charge on any atom is -0.404 e. The number of para-hydroxylation sites is 2. The number of halogens is 3. The summed E-state index contributed by atoms with van der Waals surface area (Å²) in [6, 6.07) is 15.7. The van der Waals surface area contributed by atoms with Crippen molar-refractivity contribution in [3.63, 3.8) is 0 Å². The van der Waals surface area contributed by atoms with Crippen LogP contribution >= 0.6 is 0 Å². The molecule has 0 saturated carbocycles. The predicted molar refractivity (Wildman–Crippen MR) is 153 cm³/mol. The van der Waals surface area contributed by atoms with E-state index in [-0.39, 0.29) is 17.2 Å². The second kappa shape index (κ2) is 14.2. The molecule has 5 N–H and O–H groups in total. The Bertz CT molecular complexity index is 1510. The summed E-state index contributed by atoms with van der Waals surface area (Å²) in [5.74, 6) is -0.770. The average molecular weight is 582 g/mol. The van der Waals surface area contributed by atoms with E-state index in [4.69, 9.17) is 5.73 Å². The number of nitrogens with two attached hydrogens (primary N) is 1. The molecule has 4 rings (SSSR count). The first-order valence-corrected chi connectivity index (χ1v) is 13.1. The molecule has 0 aliphatic rings. The highest BCUT2D eigenvalue weighted by atomic mass is 19.4. The van der Waals surface area contributed by atoms with Gasteiger partial charge in [-0.05, 0) is 66.9 Å². The molecule has 13 heteroatoms. The van der Waals surface area contributed by atoms with E-state index in [1.165, 1.54) is 30.0 Å². The summed E-state index contributed by atoms with van der Waals surface area (Å²) in [7, 11) is 0. The first-order chi connectivity index (χ1) is 20.2. The number of carbonyl (C=O) groups excluding carboxylic acids is 1. The fraction of sp³-hybridized carbons (Fsp3) is 0.241. The largest absolute Gasteiger partial charge is 0.573 e. The molecule has 0 radical (unpaired) electrons. The quantitative estimate of drug-likeness (QED) is 0.189. The molecule has 4 aromatic rings. The average Bonchev–Trinajstić information content (AvgIpc) is 2.96. The Morgan fingerprint density at radius 1 is 0.976 bits per heavy atom. The molecule has 0 aliphatic heterocycles. The number of anilines is 2. The van der Waals surface area contributed by atoms with Gasteiger partial charge in [0, 0.05) is 31.7 Å². The summed E-state index contributed by atoms with van der Waals surface area (Å²) < 4.78 is 41.8. The van der Waals surface area contributed by atoms with Crippen LogP contribution in [-0.4, -0.2) is 51.9 Å². The van der Waals surface area contributed by atoms with Gasteiger partial charge in [-0.2, -0.15) is 0 Å². The zero-order valence-electron chi connectivity index (χ0n) is 22.5. The van der Waals surface area contributed by atoms with Crippen LogP contribution in [0.1, 0.15) is 17.5 Å². The van der Waals surface area contributed by atoms with E-state index >= 15 is 0 Å². The molecule has 0 aliphatic carbocycles. The topological polar surface area (TPSA) is 138 Å². The lowest BCUT2D eigenvalue weighted by Crippen LogP contribution is -2.28. The van der Waals surface area contributed by atoms with Gasteiger partial charge in [-0.25, -0.2) is 9.78 Å². The van der Waals surface area contributed by atoms with Gasteiger partial charge in [-0.3, -0.25) is 25.0 Å². The highest BCUT2D eigenvalue weighted by Crippen LogP contribution is 2.30. The monoisotopic (exact) mass is 581 g/mol. The van der Waals surface area contributed by atoms with Crippen molar-refractivity contribution < 1.29 is 22.7 Å². The summed E-state index contributed by atoms with van der Waals surface area (Å²) in [5, 5.41) is 4.55. The number of benzene rings is 2. The lowest BCUT2D eigenvalue weighted by molar-refractivity contribution is -0.274. The Labute approximate surface area is 239 Å². The number of urea groups is 1. The summed E-state index contributed by atoms with van der Waals surface area (Å²) in [6.07, 6.45) is 1.71. The molecule has 220 valence electrons. The zero-order chi connectivity index (χ0) is 30.0. The van der Waals surface area contributed by atoms with Crippen molar-refractivity contribution in [3.05, 3.63) is 101 Å². The molecule has 0 saturated heterocycles. The zero-order valence-corrected chi connectivity index (χ0v) is 22.5. The maximum atomic E-state index is 12.8. The fourth-order valence-corrected chi connectivity index (χ4v) is 4.18. The number of pyridine rings is 1. The van der Waals surface area contributed by atoms with Gasteiger partial charge in [0.05, 0.1) is 11.3 Å². The number of aromatic nitrogens is 3. The third kappa shape index (κ3) is 9.14. The molecule has 2 aromatic carbocycles. The van der Waals surface area contributed by atoms with Gasteiger partial charge in [0.1, 0.15) is 0 Å². The van der Waals surface area contributed by atoms with E-state index in [1.807, 2.05) is 36.4 Å². The van der Waals surface area contributed by atoms with E-state index in [0.717, 1.165) is 44.1 Å². The summed E-state index contributed by atoms with van der Waals surface area (Å²) in [4.78, 5) is 38.0. The van der Waals surface area contributed by atoms with E-state index < -0.39 is 23.7 Å². The van der Waals surface area contributed by atoms with E-state index in [0.29, 0.717) is 12.1 Å². The van der Waals surface area contributed by atoms with E-state index in [9.17, 15) is 22.8 Å². The van der Waals surface area contributed by atoms with Crippen molar-refractivity contribution in [2.24, 2.45) is 5.73 Å². The van der Waals surface area contributed by atoms with E-state index in [1.54, 1.807) is 12.4 Å². The third-order valence-corrected chi connectivity index (χ3v) is 6.21. The number of hydrogen-bond donors (Lipinski definition) is 4. The third-order valence-electron chi connectivity index (χ3n) is 6.21. The first-order valence-electron chi connectivity index (χ1n) is 13.1. The SMILES string of the molecule is NCCCN(CCc1ccncc1)Cc1ccc(-c2cnc(NC(=O)Nc3ccccc3OC(F)(F)F)[nH]c2=O)cc1. The Morgan fingerprint density at radius 2 is 1.71 bits per heavy atom. The van der Waals surface area contributed by atoms with Crippen LogP contribution in [0.15, 0.2) is 84.0 Å². The van der Waals surface area contributed by atoms with Crippen LogP contribution in [0.25, 0.3) is 11.1 Å². The van der Waals surface area contributed by atoms with Crippen LogP contribution in [0.4, 0.5) is 29.6 Å². The number of alkyl halides is 3. The maximum absolute atomic E-state index is 12.8. The van der Waals surface area contributed by atoms with Crippen LogP contribution in [0.5, 0.6) is 5.75 Å². The fourth-order valence-electron chi connectivity index (χ4n) is 4.18. The Balaban J connectivity index is 1.37. The maximum Gasteiger partial charge on any atom is 0.573 e.